The van der Waals surface area contributed by atoms with E-state index >= 15 is 0 Å². The number of nitrogen functional groups attached to an aromatic ring is 1. The van der Waals surface area contributed by atoms with Crippen molar-refractivity contribution < 1.29 is 17.5 Å². The Hall–Kier alpha value is -2.35. The summed E-state index contributed by atoms with van der Waals surface area (Å²) in [6.07, 6.45) is 1.26. The zero-order valence-corrected chi connectivity index (χ0v) is 11.3. The highest BCUT2D eigenvalue weighted by atomic mass is 32.2. The van der Waals surface area contributed by atoms with Crippen LogP contribution in [0.15, 0.2) is 41.4 Å². The van der Waals surface area contributed by atoms with Gasteiger partial charge in [0.05, 0.1) is 19.0 Å². The van der Waals surface area contributed by atoms with Crippen molar-refractivity contribution in [1.82, 2.24) is 4.98 Å². The van der Waals surface area contributed by atoms with E-state index in [4.69, 9.17) is 10.5 Å². The molecule has 1 heterocycles. The number of rotatable bonds is 4. The number of hydrogen-bond acceptors (Lipinski definition) is 5. The van der Waals surface area contributed by atoms with Crippen molar-refractivity contribution >= 4 is 21.4 Å². The molecule has 8 heteroatoms. The maximum absolute atomic E-state index is 13.6. The van der Waals surface area contributed by atoms with Crippen LogP contribution in [-0.2, 0) is 10.0 Å². The lowest BCUT2D eigenvalue weighted by Gasteiger charge is -2.09. The largest absolute Gasteiger partial charge is 0.481 e. The third-order valence-electron chi connectivity index (χ3n) is 2.44. The lowest BCUT2D eigenvalue weighted by molar-refractivity contribution is 0.398. The van der Waals surface area contributed by atoms with Gasteiger partial charge in [0.1, 0.15) is 10.7 Å². The first-order valence-electron chi connectivity index (χ1n) is 5.50. The SMILES string of the molecule is COc1ccc(NS(=O)(=O)c2cc(N)ccc2F)cn1. The second kappa shape index (κ2) is 5.33. The topological polar surface area (TPSA) is 94.3 Å². The number of nitrogens with one attached hydrogen (secondary N) is 1. The minimum atomic E-state index is -4.07. The molecule has 0 saturated heterocycles. The quantitative estimate of drug-likeness (QED) is 0.836. The highest BCUT2D eigenvalue weighted by Crippen LogP contribution is 2.21. The predicted octanol–water partition coefficient (Wildman–Crippen LogP) is 1.61. The third kappa shape index (κ3) is 2.97. The Balaban J connectivity index is 2.32. The molecule has 0 fully saturated rings. The van der Waals surface area contributed by atoms with E-state index in [1.807, 2.05) is 0 Å². The number of anilines is 2. The number of hydrogen-bond donors (Lipinski definition) is 2. The fourth-order valence-corrected chi connectivity index (χ4v) is 2.65. The molecule has 20 heavy (non-hydrogen) atoms. The number of methoxy groups -OCH3 is 1. The second-order valence-corrected chi connectivity index (χ2v) is 5.54. The van der Waals surface area contributed by atoms with Gasteiger partial charge in [0, 0.05) is 11.8 Å². The molecular formula is C12H12FN3O3S. The molecule has 0 aliphatic rings. The highest BCUT2D eigenvalue weighted by Gasteiger charge is 2.19. The predicted molar refractivity (Wildman–Crippen MR) is 72.4 cm³/mol. The van der Waals surface area contributed by atoms with E-state index in [1.165, 1.54) is 31.5 Å². The van der Waals surface area contributed by atoms with Gasteiger partial charge in [0.2, 0.25) is 5.88 Å². The van der Waals surface area contributed by atoms with E-state index in [1.54, 1.807) is 0 Å². The van der Waals surface area contributed by atoms with Gasteiger partial charge in [0.15, 0.2) is 0 Å². The molecular weight excluding hydrogens is 285 g/mol. The molecule has 0 aliphatic heterocycles. The van der Waals surface area contributed by atoms with Crippen LogP contribution in [0.5, 0.6) is 5.88 Å². The minimum absolute atomic E-state index is 0.152. The number of halogens is 1. The molecule has 1 aromatic carbocycles. The Kier molecular flexibility index (Phi) is 3.75. The van der Waals surface area contributed by atoms with Crippen molar-refractivity contribution in [3.8, 4) is 5.88 Å². The minimum Gasteiger partial charge on any atom is -0.481 e. The number of nitrogens with zero attached hydrogens (tertiary/aromatic N) is 1. The Morgan fingerprint density at radius 3 is 2.65 bits per heavy atom. The van der Waals surface area contributed by atoms with Crippen LogP contribution in [0, 0.1) is 5.82 Å². The monoisotopic (exact) mass is 297 g/mol. The first-order valence-corrected chi connectivity index (χ1v) is 6.98. The van der Waals surface area contributed by atoms with E-state index < -0.39 is 20.7 Å². The Bertz CT molecular complexity index is 717. The number of nitrogens with two attached hydrogens (primary N) is 1. The smallest absolute Gasteiger partial charge is 0.264 e. The summed E-state index contributed by atoms with van der Waals surface area (Å²) in [5, 5.41) is 0. The first-order chi connectivity index (χ1) is 9.42. The van der Waals surface area contributed by atoms with Crippen LogP contribution < -0.4 is 15.2 Å². The molecule has 0 bridgehead atoms. The molecule has 3 N–H and O–H groups in total. The van der Waals surface area contributed by atoms with Crippen LogP contribution in [0.4, 0.5) is 15.8 Å². The zero-order valence-electron chi connectivity index (χ0n) is 10.5. The van der Waals surface area contributed by atoms with Gasteiger partial charge in [-0.25, -0.2) is 17.8 Å². The summed E-state index contributed by atoms with van der Waals surface area (Å²) in [4.78, 5) is 3.33. The molecule has 0 aliphatic carbocycles. The van der Waals surface area contributed by atoms with Gasteiger partial charge in [-0.2, -0.15) is 0 Å². The van der Waals surface area contributed by atoms with Gasteiger partial charge in [0.25, 0.3) is 10.0 Å². The maximum atomic E-state index is 13.6. The fraction of sp³-hybridized carbons (Fsp3) is 0.0833. The summed E-state index contributed by atoms with van der Waals surface area (Å²) in [6.45, 7) is 0. The number of aromatic nitrogens is 1. The molecule has 6 nitrogen and oxygen atoms in total. The van der Waals surface area contributed by atoms with Crippen LogP contribution >= 0.6 is 0 Å². The average Bonchev–Trinajstić information content (AvgIpc) is 2.42. The highest BCUT2D eigenvalue weighted by molar-refractivity contribution is 7.92. The normalized spacial score (nSPS) is 11.1. The Labute approximate surface area is 115 Å². The number of ether oxygens (including phenoxy) is 1. The number of pyridine rings is 1. The Morgan fingerprint density at radius 1 is 1.30 bits per heavy atom. The summed E-state index contributed by atoms with van der Waals surface area (Å²) in [6, 6.07) is 6.26. The molecule has 0 unspecified atom stereocenters. The van der Waals surface area contributed by atoms with Crippen molar-refractivity contribution in [1.29, 1.82) is 0 Å². The molecule has 2 aromatic rings. The molecule has 2 rings (SSSR count). The molecule has 0 atom stereocenters. The van der Waals surface area contributed by atoms with Gasteiger partial charge in [-0.05, 0) is 24.3 Å². The van der Waals surface area contributed by atoms with Crippen molar-refractivity contribution in [2.45, 2.75) is 4.90 Å². The summed E-state index contributed by atoms with van der Waals surface area (Å²) < 4.78 is 44.8. The number of benzene rings is 1. The van der Waals surface area contributed by atoms with Crippen LogP contribution in [-0.4, -0.2) is 20.5 Å². The standard InChI is InChI=1S/C12H12FN3O3S/c1-19-12-5-3-9(7-15-12)16-20(17,18)11-6-8(14)2-4-10(11)13/h2-7,16H,14H2,1H3. The summed E-state index contributed by atoms with van der Waals surface area (Å²) >= 11 is 0. The molecule has 0 spiro atoms. The number of sulfonamides is 1. The zero-order chi connectivity index (χ0) is 14.8. The van der Waals surface area contributed by atoms with Gasteiger partial charge >= 0.3 is 0 Å². The van der Waals surface area contributed by atoms with Gasteiger partial charge in [-0.15, -0.1) is 0 Å². The van der Waals surface area contributed by atoms with Crippen LogP contribution in [0.25, 0.3) is 0 Å². The van der Waals surface area contributed by atoms with Crippen LogP contribution in [0.3, 0.4) is 0 Å². The van der Waals surface area contributed by atoms with E-state index in [-0.39, 0.29) is 11.4 Å². The van der Waals surface area contributed by atoms with E-state index in [0.29, 0.717) is 5.88 Å². The lowest BCUT2D eigenvalue weighted by Crippen LogP contribution is -2.15. The van der Waals surface area contributed by atoms with Crippen molar-refractivity contribution in [3.63, 3.8) is 0 Å². The van der Waals surface area contributed by atoms with Crippen LogP contribution in [0.2, 0.25) is 0 Å². The molecule has 0 radical (unpaired) electrons. The van der Waals surface area contributed by atoms with Crippen molar-refractivity contribution in [3.05, 3.63) is 42.3 Å². The van der Waals surface area contributed by atoms with E-state index in [0.717, 1.165) is 12.1 Å². The molecule has 0 saturated carbocycles. The summed E-state index contributed by atoms with van der Waals surface area (Å²) in [5.74, 6) is -0.545. The van der Waals surface area contributed by atoms with Crippen molar-refractivity contribution in [2.24, 2.45) is 0 Å². The summed E-state index contributed by atoms with van der Waals surface area (Å²) in [7, 11) is -2.63. The van der Waals surface area contributed by atoms with E-state index in [9.17, 15) is 12.8 Å². The second-order valence-electron chi connectivity index (χ2n) is 3.88. The third-order valence-corrected chi connectivity index (χ3v) is 3.84. The molecule has 0 amide bonds. The molecule has 1 aromatic heterocycles. The molecule has 106 valence electrons. The van der Waals surface area contributed by atoms with E-state index in [2.05, 4.69) is 9.71 Å². The fourth-order valence-electron chi connectivity index (χ4n) is 1.50. The first kappa shape index (κ1) is 14.1. The lowest BCUT2D eigenvalue weighted by atomic mass is 10.3. The van der Waals surface area contributed by atoms with Gasteiger partial charge < -0.3 is 10.5 Å². The maximum Gasteiger partial charge on any atom is 0.264 e. The average molecular weight is 297 g/mol. The summed E-state index contributed by atoms with van der Waals surface area (Å²) in [5.41, 5.74) is 5.81. The van der Waals surface area contributed by atoms with Crippen LogP contribution in [0.1, 0.15) is 0 Å². The Morgan fingerprint density at radius 2 is 2.05 bits per heavy atom. The van der Waals surface area contributed by atoms with Gasteiger partial charge in [-0.3, -0.25) is 4.72 Å². The van der Waals surface area contributed by atoms with Gasteiger partial charge in [-0.1, -0.05) is 0 Å². The van der Waals surface area contributed by atoms with Crippen molar-refractivity contribution in [2.75, 3.05) is 17.6 Å².